The van der Waals surface area contributed by atoms with Crippen molar-refractivity contribution in [2.45, 2.75) is 32.0 Å². The van der Waals surface area contributed by atoms with Crippen molar-refractivity contribution in [1.29, 1.82) is 0 Å². The zero-order valence-corrected chi connectivity index (χ0v) is 11.1. The summed E-state index contributed by atoms with van der Waals surface area (Å²) in [6, 6.07) is 4.39. The number of fused-ring (bicyclic) bond motifs is 1. The van der Waals surface area contributed by atoms with Gasteiger partial charge in [-0.3, -0.25) is 9.59 Å². The van der Waals surface area contributed by atoms with Crippen LogP contribution in [0.25, 0.3) is 0 Å². The van der Waals surface area contributed by atoms with Crippen LogP contribution in [-0.2, 0) is 4.74 Å². The lowest BCUT2D eigenvalue weighted by molar-refractivity contribution is -0.0492. The molecule has 0 spiro atoms. The molecule has 0 radical (unpaired) electrons. The molecule has 2 N–H and O–H groups in total. The Morgan fingerprint density at radius 1 is 1.25 bits per heavy atom. The highest BCUT2D eigenvalue weighted by Crippen LogP contribution is 2.40. The van der Waals surface area contributed by atoms with Crippen molar-refractivity contribution in [3.05, 3.63) is 40.7 Å². The van der Waals surface area contributed by atoms with Gasteiger partial charge in [0.1, 0.15) is 11.9 Å². The largest absolute Gasteiger partial charge is 0.507 e. The van der Waals surface area contributed by atoms with Crippen molar-refractivity contribution < 1.29 is 24.5 Å². The van der Waals surface area contributed by atoms with E-state index in [9.17, 15) is 19.8 Å². The number of hydrogen-bond acceptors (Lipinski definition) is 5. The van der Waals surface area contributed by atoms with E-state index in [1.807, 2.05) is 0 Å². The SMILES string of the molecule is CC(C)(O)[C@@H]1CC2=C(O1)C(=O)c1c(O)cccc1C2=O. The molecule has 1 aromatic rings. The number of aliphatic hydroxyl groups is 1. The summed E-state index contributed by atoms with van der Waals surface area (Å²) < 4.78 is 5.47. The van der Waals surface area contributed by atoms with Crippen LogP contribution in [0.5, 0.6) is 5.75 Å². The third-order valence-corrected chi connectivity index (χ3v) is 3.71. The first-order valence-electron chi connectivity index (χ1n) is 6.34. The topological polar surface area (TPSA) is 83.8 Å². The molecule has 5 nitrogen and oxygen atoms in total. The zero-order valence-electron chi connectivity index (χ0n) is 11.1. The second-order valence-corrected chi connectivity index (χ2v) is 5.63. The lowest BCUT2D eigenvalue weighted by Crippen LogP contribution is -2.36. The lowest BCUT2D eigenvalue weighted by Gasteiger charge is -2.25. The Balaban J connectivity index is 2.09. The van der Waals surface area contributed by atoms with Gasteiger partial charge in [0.2, 0.25) is 5.78 Å². The molecule has 0 saturated heterocycles. The van der Waals surface area contributed by atoms with Crippen LogP contribution < -0.4 is 0 Å². The third-order valence-electron chi connectivity index (χ3n) is 3.71. The van der Waals surface area contributed by atoms with Gasteiger partial charge in [-0.05, 0) is 19.9 Å². The fraction of sp³-hybridized carbons (Fsp3) is 0.333. The van der Waals surface area contributed by atoms with Crippen molar-refractivity contribution in [1.82, 2.24) is 0 Å². The molecule has 1 aliphatic carbocycles. The Morgan fingerprint density at radius 3 is 2.60 bits per heavy atom. The first-order valence-corrected chi connectivity index (χ1v) is 6.34. The van der Waals surface area contributed by atoms with E-state index in [1.54, 1.807) is 13.8 Å². The van der Waals surface area contributed by atoms with Gasteiger partial charge in [-0.1, -0.05) is 12.1 Å². The molecule has 5 heteroatoms. The summed E-state index contributed by atoms with van der Waals surface area (Å²) in [6.45, 7) is 3.13. The number of Topliss-reactive ketones (excluding diaryl/α,β-unsaturated/α-hetero) is 2. The molecular weight excluding hydrogens is 260 g/mol. The molecule has 1 aromatic carbocycles. The number of allylic oxidation sites excluding steroid dienone is 1. The van der Waals surface area contributed by atoms with Crippen LogP contribution in [0, 0.1) is 0 Å². The van der Waals surface area contributed by atoms with Gasteiger partial charge in [-0.2, -0.15) is 0 Å². The molecule has 0 bridgehead atoms. The number of ketones is 2. The highest BCUT2D eigenvalue weighted by atomic mass is 16.5. The predicted molar refractivity (Wildman–Crippen MR) is 69.6 cm³/mol. The monoisotopic (exact) mass is 274 g/mol. The van der Waals surface area contributed by atoms with E-state index in [-0.39, 0.29) is 40.4 Å². The van der Waals surface area contributed by atoms with Crippen LogP contribution in [0.3, 0.4) is 0 Å². The summed E-state index contributed by atoms with van der Waals surface area (Å²) in [5.74, 6) is -1.10. The normalized spacial score (nSPS) is 21.6. The Bertz CT molecular complexity index is 663. The predicted octanol–water partition coefficient (Wildman–Crippen LogP) is 1.59. The number of carbonyl (C=O) groups excluding carboxylic acids is 2. The number of hydrogen-bond donors (Lipinski definition) is 2. The lowest BCUT2D eigenvalue weighted by atomic mass is 9.85. The maximum absolute atomic E-state index is 12.4. The van der Waals surface area contributed by atoms with Gasteiger partial charge in [0.05, 0.1) is 16.7 Å². The van der Waals surface area contributed by atoms with Crippen molar-refractivity contribution in [2.75, 3.05) is 0 Å². The fourth-order valence-electron chi connectivity index (χ4n) is 2.56. The molecule has 3 rings (SSSR count). The van der Waals surface area contributed by atoms with Gasteiger partial charge in [-0.15, -0.1) is 0 Å². The van der Waals surface area contributed by atoms with Crippen LogP contribution >= 0.6 is 0 Å². The maximum atomic E-state index is 12.4. The van der Waals surface area contributed by atoms with Crippen LogP contribution in [0.15, 0.2) is 29.5 Å². The molecule has 1 heterocycles. The second kappa shape index (κ2) is 3.93. The molecule has 0 aromatic heterocycles. The number of carbonyl (C=O) groups is 2. The van der Waals surface area contributed by atoms with Crippen molar-refractivity contribution in [2.24, 2.45) is 0 Å². The molecule has 2 aliphatic rings. The summed E-state index contributed by atoms with van der Waals surface area (Å²) in [6.07, 6.45) is -0.449. The number of phenols is 1. The smallest absolute Gasteiger partial charge is 0.232 e. The summed E-state index contributed by atoms with van der Waals surface area (Å²) in [5, 5.41) is 19.8. The molecule has 1 aliphatic heterocycles. The number of phenolic OH excluding ortho intramolecular Hbond substituents is 1. The Labute approximate surface area is 115 Å². The minimum atomic E-state index is -1.16. The molecular formula is C15H14O5. The van der Waals surface area contributed by atoms with Crippen LogP contribution in [0.2, 0.25) is 0 Å². The van der Waals surface area contributed by atoms with E-state index in [2.05, 4.69) is 0 Å². The standard InChI is InChI=1S/C15H14O5/c1-15(2,19)10-6-8-12(17)7-4-3-5-9(16)11(7)13(18)14(8)20-10/h3-5,10,16,19H,6H2,1-2H3/t10-/m0/s1. The Hall–Kier alpha value is -2.14. The second-order valence-electron chi connectivity index (χ2n) is 5.63. The molecule has 104 valence electrons. The summed E-state index contributed by atoms with van der Waals surface area (Å²) in [7, 11) is 0. The molecule has 20 heavy (non-hydrogen) atoms. The molecule has 0 fully saturated rings. The molecule has 1 atom stereocenters. The van der Waals surface area contributed by atoms with Crippen molar-refractivity contribution >= 4 is 11.6 Å². The van der Waals surface area contributed by atoms with E-state index in [0.29, 0.717) is 0 Å². The Kier molecular flexibility index (Phi) is 2.53. The quantitative estimate of drug-likeness (QED) is 0.812. The van der Waals surface area contributed by atoms with Crippen molar-refractivity contribution in [3.63, 3.8) is 0 Å². The van der Waals surface area contributed by atoms with Gasteiger partial charge < -0.3 is 14.9 Å². The third kappa shape index (κ3) is 1.67. The zero-order chi connectivity index (χ0) is 14.7. The fourth-order valence-corrected chi connectivity index (χ4v) is 2.56. The van der Waals surface area contributed by atoms with Gasteiger partial charge in [0.15, 0.2) is 11.5 Å². The average Bonchev–Trinajstić information content (AvgIpc) is 2.81. The van der Waals surface area contributed by atoms with E-state index in [4.69, 9.17) is 4.74 Å². The maximum Gasteiger partial charge on any atom is 0.232 e. The van der Waals surface area contributed by atoms with Gasteiger partial charge >= 0.3 is 0 Å². The highest BCUT2D eigenvalue weighted by Gasteiger charge is 2.45. The van der Waals surface area contributed by atoms with Crippen molar-refractivity contribution in [3.8, 4) is 5.75 Å². The summed E-state index contributed by atoms with van der Waals surface area (Å²) in [4.78, 5) is 24.7. The van der Waals surface area contributed by atoms with Crippen LogP contribution in [0.1, 0.15) is 41.0 Å². The van der Waals surface area contributed by atoms with Gasteiger partial charge in [-0.25, -0.2) is 0 Å². The summed E-state index contributed by atoms with van der Waals surface area (Å²) in [5.41, 5.74) is -0.715. The van der Waals surface area contributed by atoms with E-state index >= 15 is 0 Å². The number of aromatic hydroxyl groups is 1. The van der Waals surface area contributed by atoms with E-state index < -0.39 is 17.5 Å². The first-order chi connectivity index (χ1) is 9.30. The van der Waals surface area contributed by atoms with Crippen LogP contribution in [0.4, 0.5) is 0 Å². The van der Waals surface area contributed by atoms with Gasteiger partial charge in [0.25, 0.3) is 0 Å². The summed E-state index contributed by atoms with van der Waals surface area (Å²) >= 11 is 0. The molecule has 0 saturated carbocycles. The first kappa shape index (κ1) is 12.9. The average molecular weight is 274 g/mol. The molecule has 0 amide bonds. The van der Waals surface area contributed by atoms with E-state index in [1.165, 1.54) is 18.2 Å². The van der Waals surface area contributed by atoms with Gasteiger partial charge in [0, 0.05) is 12.0 Å². The molecule has 0 unspecified atom stereocenters. The number of ether oxygens (including phenoxy) is 1. The minimum Gasteiger partial charge on any atom is -0.507 e. The van der Waals surface area contributed by atoms with E-state index in [0.717, 1.165) is 0 Å². The Morgan fingerprint density at radius 2 is 1.95 bits per heavy atom. The number of benzene rings is 1. The minimum absolute atomic E-state index is 0.0207. The number of rotatable bonds is 1. The highest BCUT2D eigenvalue weighted by molar-refractivity contribution is 6.27. The van der Waals surface area contributed by atoms with Crippen LogP contribution in [-0.4, -0.2) is 33.5 Å².